The van der Waals surface area contributed by atoms with Gasteiger partial charge >= 0.3 is 5.97 Å². The second-order valence-corrected chi connectivity index (χ2v) is 4.63. The molecule has 4 heteroatoms. The van der Waals surface area contributed by atoms with Crippen LogP contribution in [0.4, 0.5) is 0 Å². The maximum atomic E-state index is 12.1. The third-order valence-corrected chi connectivity index (χ3v) is 3.14. The summed E-state index contributed by atoms with van der Waals surface area (Å²) < 4.78 is 0. The van der Waals surface area contributed by atoms with Gasteiger partial charge in [-0.05, 0) is 29.7 Å². The summed E-state index contributed by atoms with van der Waals surface area (Å²) in [6.45, 7) is 0.495. The fourth-order valence-corrected chi connectivity index (χ4v) is 2.12. The lowest BCUT2D eigenvalue weighted by atomic mass is 10.0. The number of nitrogens with one attached hydrogen (secondary N) is 1. The SMILES string of the molecule is O=C(O)CCCCNC(=O)c1cccc2ccccc12. The van der Waals surface area contributed by atoms with E-state index in [1.54, 1.807) is 6.07 Å². The highest BCUT2D eigenvalue weighted by atomic mass is 16.4. The third kappa shape index (κ3) is 3.57. The highest BCUT2D eigenvalue weighted by Crippen LogP contribution is 2.18. The van der Waals surface area contributed by atoms with Gasteiger partial charge in [-0.1, -0.05) is 36.4 Å². The fourth-order valence-electron chi connectivity index (χ4n) is 2.12. The third-order valence-electron chi connectivity index (χ3n) is 3.14. The van der Waals surface area contributed by atoms with E-state index in [0.29, 0.717) is 24.9 Å². The number of carboxylic acids is 1. The molecular weight excluding hydrogens is 254 g/mol. The number of aliphatic carboxylic acids is 1. The molecule has 0 aliphatic carbocycles. The number of hydrogen-bond acceptors (Lipinski definition) is 2. The van der Waals surface area contributed by atoms with E-state index in [-0.39, 0.29) is 12.3 Å². The minimum absolute atomic E-state index is 0.114. The molecule has 20 heavy (non-hydrogen) atoms. The summed E-state index contributed by atoms with van der Waals surface area (Å²) >= 11 is 0. The molecule has 0 aromatic heterocycles. The Hall–Kier alpha value is -2.36. The normalized spacial score (nSPS) is 10.4. The molecule has 0 heterocycles. The molecular formula is C16H17NO3. The topological polar surface area (TPSA) is 66.4 Å². The van der Waals surface area contributed by atoms with E-state index in [1.807, 2.05) is 36.4 Å². The van der Waals surface area contributed by atoms with E-state index in [4.69, 9.17) is 5.11 Å². The van der Waals surface area contributed by atoms with Gasteiger partial charge in [-0.2, -0.15) is 0 Å². The predicted octanol–water partition coefficient (Wildman–Crippen LogP) is 2.82. The molecule has 0 aliphatic rings. The summed E-state index contributed by atoms with van der Waals surface area (Å²) in [5.74, 6) is -0.914. The molecule has 104 valence electrons. The Bertz CT molecular complexity index is 617. The van der Waals surface area contributed by atoms with Gasteiger partial charge in [0, 0.05) is 18.5 Å². The largest absolute Gasteiger partial charge is 0.481 e. The molecule has 4 nitrogen and oxygen atoms in total. The van der Waals surface area contributed by atoms with Gasteiger partial charge in [0.2, 0.25) is 0 Å². The zero-order valence-corrected chi connectivity index (χ0v) is 11.1. The van der Waals surface area contributed by atoms with Crippen LogP contribution in [-0.2, 0) is 4.79 Å². The van der Waals surface area contributed by atoms with Crippen LogP contribution in [-0.4, -0.2) is 23.5 Å². The summed E-state index contributed by atoms with van der Waals surface area (Å²) in [6.07, 6.45) is 1.39. The second-order valence-electron chi connectivity index (χ2n) is 4.63. The van der Waals surface area contributed by atoms with Crippen molar-refractivity contribution in [2.24, 2.45) is 0 Å². The number of fused-ring (bicyclic) bond motifs is 1. The van der Waals surface area contributed by atoms with Gasteiger partial charge < -0.3 is 10.4 Å². The van der Waals surface area contributed by atoms with Gasteiger partial charge in [-0.25, -0.2) is 0 Å². The Morgan fingerprint density at radius 3 is 2.55 bits per heavy atom. The van der Waals surface area contributed by atoms with Crippen LogP contribution in [0.25, 0.3) is 10.8 Å². The molecule has 0 spiro atoms. The van der Waals surface area contributed by atoms with Crippen LogP contribution >= 0.6 is 0 Å². The van der Waals surface area contributed by atoms with E-state index < -0.39 is 5.97 Å². The number of carbonyl (C=O) groups is 2. The molecule has 2 rings (SSSR count). The summed E-state index contributed by atoms with van der Waals surface area (Å²) in [4.78, 5) is 22.5. The predicted molar refractivity (Wildman–Crippen MR) is 77.8 cm³/mol. The average Bonchev–Trinajstić information content (AvgIpc) is 2.45. The molecule has 1 amide bonds. The Morgan fingerprint density at radius 1 is 1.00 bits per heavy atom. The number of carbonyl (C=O) groups excluding carboxylic acids is 1. The van der Waals surface area contributed by atoms with Gasteiger partial charge in [0.05, 0.1) is 0 Å². The van der Waals surface area contributed by atoms with Gasteiger partial charge in [-0.3, -0.25) is 9.59 Å². The highest BCUT2D eigenvalue weighted by Gasteiger charge is 2.08. The number of hydrogen-bond donors (Lipinski definition) is 2. The zero-order valence-electron chi connectivity index (χ0n) is 11.1. The van der Waals surface area contributed by atoms with Crippen molar-refractivity contribution in [3.05, 3.63) is 48.0 Å². The minimum Gasteiger partial charge on any atom is -0.481 e. The first kappa shape index (κ1) is 14.1. The van der Waals surface area contributed by atoms with E-state index >= 15 is 0 Å². The second kappa shape index (κ2) is 6.70. The Morgan fingerprint density at radius 2 is 1.75 bits per heavy atom. The molecule has 0 bridgehead atoms. The fraction of sp³-hybridized carbons (Fsp3) is 0.250. The lowest BCUT2D eigenvalue weighted by Crippen LogP contribution is -2.24. The van der Waals surface area contributed by atoms with Crippen LogP contribution in [0.3, 0.4) is 0 Å². The number of rotatable bonds is 6. The number of benzene rings is 2. The van der Waals surface area contributed by atoms with Crippen molar-refractivity contribution in [2.75, 3.05) is 6.54 Å². The molecule has 0 radical (unpaired) electrons. The lowest BCUT2D eigenvalue weighted by molar-refractivity contribution is -0.137. The first-order chi connectivity index (χ1) is 9.68. The standard InChI is InChI=1S/C16H17NO3/c18-15(19)10-3-4-11-17-16(20)14-9-5-7-12-6-1-2-8-13(12)14/h1-2,5-9H,3-4,10-11H2,(H,17,20)(H,18,19). The molecule has 0 saturated carbocycles. The Kier molecular flexibility index (Phi) is 4.71. The molecule has 0 unspecified atom stereocenters. The smallest absolute Gasteiger partial charge is 0.303 e. The number of carboxylic acid groups (broad SMARTS) is 1. The number of amides is 1. The first-order valence-corrected chi connectivity index (χ1v) is 6.66. The summed E-state index contributed by atoms with van der Waals surface area (Å²) in [5.41, 5.74) is 0.654. The molecule has 2 N–H and O–H groups in total. The van der Waals surface area contributed by atoms with Crippen molar-refractivity contribution in [3.63, 3.8) is 0 Å². The van der Waals surface area contributed by atoms with Gasteiger partial charge in [0.1, 0.15) is 0 Å². The Labute approximate surface area is 117 Å². The lowest BCUT2D eigenvalue weighted by Gasteiger charge is -2.07. The van der Waals surface area contributed by atoms with Crippen LogP contribution < -0.4 is 5.32 Å². The maximum Gasteiger partial charge on any atom is 0.303 e. The van der Waals surface area contributed by atoms with Crippen molar-refractivity contribution in [1.29, 1.82) is 0 Å². The van der Waals surface area contributed by atoms with Crippen molar-refractivity contribution in [3.8, 4) is 0 Å². The summed E-state index contributed by atoms with van der Waals surface area (Å²) in [5, 5.41) is 13.3. The van der Waals surface area contributed by atoms with Crippen molar-refractivity contribution >= 4 is 22.6 Å². The van der Waals surface area contributed by atoms with Crippen LogP contribution in [0.2, 0.25) is 0 Å². The van der Waals surface area contributed by atoms with Crippen molar-refractivity contribution in [1.82, 2.24) is 5.32 Å². The monoisotopic (exact) mass is 271 g/mol. The van der Waals surface area contributed by atoms with Crippen LogP contribution in [0.1, 0.15) is 29.6 Å². The van der Waals surface area contributed by atoms with E-state index in [0.717, 1.165) is 10.8 Å². The van der Waals surface area contributed by atoms with Crippen LogP contribution in [0, 0.1) is 0 Å². The maximum absolute atomic E-state index is 12.1. The van der Waals surface area contributed by atoms with Gasteiger partial charge in [0.25, 0.3) is 5.91 Å². The molecule has 0 atom stereocenters. The van der Waals surface area contributed by atoms with Crippen molar-refractivity contribution in [2.45, 2.75) is 19.3 Å². The van der Waals surface area contributed by atoms with Gasteiger partial charge in [-0.15, -0.1) is 0 Å². The molecule has 2 aromatic carbocycles. The zero-order chi connectivity index (χ0) is 14.4. The molecule has 0 fully saturated rings. The Balaban J connectivity index is 1.96. The summed E-state index contributed by atoms with van der Waals surface area (Å²) in [7, 11) is 0. The van der Waals surface area contributed by atoms with Gasteiger partial charge in [0.15, 0.2) is 0 Å². The average molecular weight is 271 g/mol. The van der Waals surface area contributed by atoms with Crippen molar-refractivity contribution < 1.29 is 14.7 Å². The summed E-state index contributed by atoms with van der Waals surface area (Å²) in [6, 6.07) is 13.4. The first-order valence-electron chi connectivity index (χ1n) is 6.66. The van der Waals surface area contributed by atoms with Crippen LogP contribution in [0.5, 0.6) is 0 Å². The quantitative estimate of drug-likeness (QED) is 0.794. The molecule has 2 aromatic rings. The van der Waals surface area contributed by atoms with Crippen LogP contribution in [0.15, 0.2) is 42.5 Å². The molecule has 0 aliphatic heterocycles. The van der Waals surface area contributed by atoms with E-state index in [9.17, 15) is 9.59 Å². The minimum atomic E-state index is -0.801. The molecule has 0 saturated heterocycles. The van der Waals surface area contributed by atoms with E-state index in [2.05, 4.69) is 5.32 Å². The highest BCUT2D eigenvalue weighted by molar-refractivity contribution is 6.06. The number of unbranched alkanes of at least 4 members (excludes halogenated alkanes) is 1. The van der Waals surface area contributed by atoms with E-state index in [1.165, 1.54) is 0 Å².